The van der Waals surface area contributed by atoms with Crippen LogP contribution in [0.15, 0.2) is 24.3 Å². The fourth-order valence-electron chi connectivity index (χ4n) is 0.725. The van der Waals surface area contributed by atoms with Crippen LogP contribution in [-0.4, -0.2) is 16.9 Å². The van der Waals surface area contributed by atoms with Crippen LogP contribution in [0.2, 0.25) is 0 Å². The zero-order chi connectivity index (χ0) is 9.14. The standard InChI is InChI=1S/C8H5FO3/c9-6-3-1-5(2-4-6)7(10)8(11)12/h1-4H,(H,11,12). The largest absolute Gasteiger partial charge is 0.475 e. The minimum Gasteiger partial charge on any atom is -0.475 e. The van der Waals surface area contributed by atoms with E-state index >= 15 is 0 Å². The van der Waals surface area contributed by atoms with Gasteiger partial charge in [0.25, 0.3) is 5.78 Å². The molecule has 0 aliphatic rings. The normalized spacial score (nSPS) is 9.42. The number of Topliss-reactive ketones (excluding diaryl/α,β-unsaturated/α-hetero) is 1. The highest BCUT2D eigenvalue weighted by atomic mass is 19.1. The maximum Gasteiger partial charge on any atom is 0.377 e. The first-order chi connectivity index (χ1) is 5.61. The number of carboxylic acids is 1. The number of carboxylic acid groups (broad SMARTS) is 1. The predicted octanol–water partition coefficient (Wildman–Crippen LogP) is 1.09. The highest BCUT2D eigenvalue weighted by Gasteiger charge is 2.13. The zero-order valence-electron chi connectivity index (χ0n) is 5.95. The van der Waals surface area contributed by atoms with Crippen LogP contribution in [0.3, 0.4) is 0 Å². The molecule has 12 heavy (non-hydrogen) atoms. The molecular weight excluding hydrogens is 163 g/mol. The molecule has 0 saturated carbocycles. The molecule has 0 aliphatic carbocycles. The van der Waals surface area contributed by atoms with Gasteiger partial charge in [-0.15, -0.1) is 0 Å². The second-order valence-corrected chi connectivity index (χ2v) is 2.14. The van der Waals surface area contributed by atoms with Gasteiger partial charge >= 0.3 is 5.97 Å². The molecule has 0 aromatic heterocycles. The quantitative estimate of drug-likeness (QED) is 0.531. The van der Waals surface area contributed by atoms with E-state index in [9.17, 15) is 14.0 Å². The first-order valence-electron chi connectivity index (χ1n) is 3.14. The van der Waals surface area contributed by atoms with Crippen molar-refractivity contribution >= 4 is 11.8 Å². The number of benzene rings is 1. The molecule has 0 aliphatic heterocycles. The molecule has 3 nitrogen and oxygen atoms in total. The molecule has 0 unspecified atom stereocenters. The first-order valence-corrected chi connectivity index (χ1v) is 3.14. The van der Waals surface area contributed by atoms with Gasteiger partial charge in [0.15, 0.2) is 0 Å². The van der Waals surface area contributed by atoms with Gasteiger partial charge in [0.2, 0.25) is 0 Å². The van der Waals surface area contributed by atoms with Gasteiger partial charge in [0.05, 0.1) is 0 Å². The predicted molar refractivity (Wildman–Crippen MR) is 38.4 cm³/mol. The number of carbonyl (C=O) groups excluding carboxylic acids is 1. The summed E-state index contributed by atoms with van der Waals surface area (Å²) in [5.74, 6) is -3.08. The van der Waals surface area contributed by atoms with Gasteiger partial charge in [-0.05, 0) is 24.3 Å². The molecule has 0 spiro atoms. The molecule has 0 saturated heterocycles. The zero-order valence-corrected chi connectivity index (χ0v) is 5.95. The van der Waals surface area contributed by atoms with Gasteiger partial charge in [-0.1, -0.05) is 0 Å². The topological polar surface area (TPSA) is 54.4 Å². The molecule has 1 N–H and O–H groups in total. The minimum atomic E-state index is -1.54. The molecule has 1 rings (SSSR count). The van der Waals surface area contributed by atoms with E-state index in [1.807, 2.05) is 0 Å². The lowest BCUT2D eigenvalue weighted by Crippen LogP contribution is -2.12. The molecule has 4 heteroatoms. The van der Waals surface area contributed by atoms with E-state index in [0.29, 0.717) is 0 Å². The highest BCUT2D eigenvalue weighted by Crippen LogP contribution is 2.03. The van der Waals surface area contributed by atoms with Gasteiger partial charge in [-0.25, -0.2) is 9.18 Å². The van der Waals surface area contributed by atoms with Gasteiger partial charge in [0.1, 0.15) is 5.82 Å². The van der Waals surface area contributed by atoms with Crippen molar-refractivity contribution in [2.75, 3.05) is 0 Å². The molecule has 0 bridgehead atoms. The minimum absolute atomic E-state index is 0.0242. The summed E-state index contributed by atoms with van der Waals surface area (Å²) in [7, 11) is 0. The monoisotopic (exact) mass is 168 g/mol. The number of hydrogen-bond acceptors (Lipinski definition) is 2. The summed E-state index contributed by atoms with van der Waals surface area (Å²) >= 11 is 0. The van der Waals surface area contributed by atoms with Crippen molar-refractivity contribution in [1.82, 2.24) is 0 Å². The summed E-state index contributed by atoms with van der Waals surface area (Å²) in [6.07, 6.45) is 0. The van der Waals surface area contributed by atoms with Crippen LogP contribution in [0.25, 0.3) is 0 Å². The Kier molecular flexibility index (Phi) is 2.19. The Balaban J connectivity index is 2.98. The molecule has 0 radical (unpaired) electrons. The van der Waals surface area contributed by atoms with Crippen molar-refractivity contribution in [2.24, 2.45) is 0 Å². The number of ketones is 1. The summed E-state index contributed by atoms with van der Waals surface area (Å²) in [4.78, 5) is 20.9. The second-order valence-electron chi connectivity index (χ2n) is 2.14. The third-order valence-corrected chi connectivity index (χ3v) is 1.30. The Labute approximate surface area is 67.4 Å². The highest BCUT2D eigenvalue weighted by molar-refractivity contribution is 6.39. The van der Waals surface area contributed by atoms with Gasteiger partial charge in [-0.2, -0.15) is 0 Å². The molecule has 0 heterocycles. The molecule has 0 amide bonds. The molecule has 62 valence electrons. The molecule has 0 atom stereocenters. The average molecular weight is 168 g/mol. The van der Waals surface area contributed by atoms with E-state index in [-0.39, 0.29) is 5.56 Å². The van der Waals surface area contributed by atoms with Gasteiger partial charge in [-0.3, -0.25) is 4.79 Å². The van der Waals surface area contributed by atoms with Crippen molar-refractivity contribution in [3.05, 3.63) is 35.6 Å². The third-order valence-electron chi connectivity index (χ3n) is 1.30. The Morgan fingerprint density at radius 3 is 2.08 bits per heavy atom. The molecule has 1 aromatic rings. The Morgan fingerprint density at radius 2 is 1.67 bits per heavy atom. The van der Waals surface area contributed by atoms with E-state index in [1.54, 1.807) is 0 Å². The Hall–Kier alpha value is -1.71. The van der Waals surface area contributed by atoms with Crippen LogP contribution in [0, 0.1) is 5.82 Å². The number of aliphatic carboxylic acids is 1. The van der Waals surface area contributed by atoms with Gasteiger partial charge < -0.3 is 5.11 Å². The summed E-state index contributed by atoms with van der Waals surface area (Å²) in [5.41, 5.74) is -0.0242. The summed E-state index contributed by atoms with van der Waals surface area (Å²) in [6, 6.07) is 4.34. The van der Waals surface area contributed by atoms with E-state index in [4.69, 9.17) is 5.11 Å². The lowest BCUT2D eigenvalue weighted by molar-refractivity contribution is -0.131. The lowest BCUT2D eigenvalue weighted by Gasteiger charge is -1.93. The van der Waals surface area contributed by atoms with Crippen molar-refractivity contribution in [1.29, 1.82) is 0 Å². The number of rotatable bonds is 2. The van der Waals surface area contributed by atoms with E-state index in [2.05, 4.69) is 0 Å². The van der Waals surface area contributed by atoms with E-state index in [0.717, 1.165) is 24.3 Å². The Bertz CT molecular complexity index is 316. The van der Waals surface area contributed by atoms with Crippen LogP contribution in [-0.2, 0) is 4.79 Å². The maximum atomic E-state index is 12.3. The number of hydrogen-bond donors (Lipinski definition) is 1. The van der Waals surface area contributed by atoms with Crippen molar-refractivity contribution in [3.63, 3.8) is 0 Å². The van der Waals surface area contributed by atoms with Crippen molar-refractivity contribution < 1.29 is 19.1 Å². The SMILES string of the molecule is O=C(O)C(=O)c1ccc(F)cc1. The fourth-order valence-corrected chi connectivity index (χ4v) is 0.725. The first kappa shape index (κ1) is 8.39. The molecule has 0 fully saturated rings. The van der Waals surface area contributed by atoms with Crippen molar-refractivity contribution in [3.8, 4) is 0 Å². The fraction of sp³-hybridized carbons (Fsp3) is 0. The molecule has 1 aromatic carbocycles. The third kappa shape index (κ3) is 1.66. The van der Waals surface area contributed by atoms with Gasteiger partial charge in [0, 0.05) is 5.56 Å². The molecular formula is C8H5FO3. The van der Waals surface area contributed by atoms with E-state index < -0.39 is 17.6 Å². The van der Waals surface area contributed by atoms with Crippen molar-refractivity contribution in [2.45, 2.75) is 0 Å². The van der Waals surface area contributed by atoms with E-state index in [1.165, 1.54) is 0 Å². The summed E-state index contributed by atoms with van der Waals surface area (Å²) < 4.78 is 12.3. The maximum absolute atomic E-state index is 12.3. The smallest absolute Gasteiger partial charge is 0.377 e. The summed E-state index contributed by atoms with van der Waals surface area (Å²) in [6.45, 7) is 0. The number of halogens is 1. The van der Waals surface area contributed by atoms with Crippen LogP contribution >= 0.6 is 0 Å². The second kappa shape index (κ2) is 3.13. The average Bonchev–Trinajstić information content (AvgIpc) is 2.04. The summed E-state index contributed by atoms with van der Waals surface area (Å²) in [5, 5.41) is 8.26. The van der Waals surface area contributed by atoms with Crippen LogP contribution in [0.5, 0.6) is 0 Å². The van der Waals surface area contributed by atoms with Crippen LogP contribution < -0.4 is 0 Å². The van der Waals surface area contributed by atoms with Crippen LogP contribution in [0.1, 0.15) is 10.4 Å². The lowest BCUT2D eigenvalue weighted by atomic mass is 10.1. The number of carbonyl (C=O) groups is 2. The van der Waals surface area contributed by atoms with Crippen LogP contribution in [0.4, 0.5) is 4.39 Å². The Morgan fingerprint density at radius 1 is 1.17 bits per heavy atom.